The zero-order valence-electron chi connectivity index (χ0n) is 11.8. The van der Waals surface area contributed by atoms with Crippen LogP contribution in [-0.4, -0.2) is 11.8 Å². The monoisotopic (exact) mass is 305 g/mol. The number of hydrogen-bond donors (Lipinski definition) is 1. The third kappa shape index (κ3) is 4.05. The van der Waals surface area contributed by atoms with Gasteiger partial charge in [-0.2, -0.15) is 0 Å². The van der Waals surface area contributed by atoms with Crippen molar-refractivity contribution in [3.05, 3.63) is 71.0 Å². The second kappa shape index (κ2) is 7.23. The molecule has 0 aromatic heterocycles. The Morgan fingerprint density at radius 3 is 2.48 bits per heavy atom. The molecule has 0 bridgehead atoms. The fourth-order valence-corrected chi connectivity index (χ4v) is 2.27. The minimum atomic E-state index is -0.405. The molecule has 21 heavy (non-hydrogen) atoms. The van der Waals surface area contributed by atoms with Crippen molar-refractivity contribution >= 4 is 17.5 Å². The molecule has 0 unspecified atom stereocenters. The molecular weight excluding hydrogens is 289 g/mol. The lowest BCUT2D eigenvalue weighted by Gasteiger charge is -2.19. The Balaban J connectivity index is 2.37. The first kappa shape index (κ1) is 15.5. The van der Waals surface area contributed by atoms with Crippen LogP contribution in [0.3, 0.4) is 0 Å². The third-order valence-electron chi connectivity index (χ3n) is 3.33. The normalized spacial score (nSPS) is 12.0. The minimum absolute atomic E-state index is 0.126. The Morgan fingerprint density at radius 2 is 1.90 bits per heavy atom. The van der Waals surface area contributed by atoms with Crippen LogP contribution in [0.15, 0.2) is 48.5 Å². The molecule has 0 heterocycles. The number of benzene rings is 2. The fraction of sp³-hybridized carbons (Fsp3) is 0.235. The number of carbonyl (C=O) groups excluding carboxylic acids is 1. The van der Waals surface area contributed by atoms with E-state index in [4.69, 9.17) is 11.6 Å². The molecule has 0 aliphatic carbocycles. The molecule has 0 radical (unpaired) electrons. The fourth-order valence-electron chi connectivity index (χ4n) is 2.19. The SMILES string of the molecule is CCc1ccc([C@H](NC(=O)CCl)c2cccc(F)c2)cc1. The van der Waals surface area contributed by atoms with Gasteiger partial charge >= 0.3 is 0 Å². The summed E-state index contributed by atoms with van der Waals surface area (Å²) in [7, 11) is 0. The number of amides is 1. The van der Waals surface area contributed by atoms with Crippen molar-refractivity contribution in [3.63, 3.8) is 0 Å². The van der Waals surface area contributed by atoms with E-state index < -0.39 is 6.04 Å². The number of hydrogen-bond acceptors (Lipinski definition) is 1. The van der Waals surface area contributed by atoms with Crippen molar-refractivity contribution in [2.24, 2.45) is 0 Å². The van der Waals surface area contributed by atoms with Crippen LogP contribution in [0, 0.1) is 5.82 Å². The molecule has 1 N–H and O–H groups in total. The van der Waals surface area contributed by atoms with Gasteiger partial charge < -0.3 is 5.32 Å². The number of aryl methyl sites for hydroxylation is 1. The van der Waals surface area contributed by atoms with Gasteiger partial charge in [-0.1, -0.05) is 43.3 Å². The molecule has 2 aromatic rings. The van der Waals surface area contributed by atoms with Crippen molar-refractivity contribution < 1.29 is 9.18 Å². The molecule has 0 aliphatic heterocycles. The first-order valence-electron chi connectivity index (χ1n) is 6.83. The lowest BCUT2D eigenvalue weighted by molar-refractivity contribution is -0.119. The predicted molar refractivity (Wildman–Crippen MR) is 82.9 cm³/mol. The van der Waals surface area contributed by atoms with E-state index >= 15 is 0 Å². The van der Waals surface area contributed by atoms with Gasteiger partial charge in [-0.3, -0.25) is 4.79 Å². The van der Waals surface area contributed by atoms with Crippen LogP contribution >= 0.6 is 11.6 Å². The summed E-state index contributed by atoms with van der Waals surface area (Å²) in [6.07, 6.45) is 0.943. The second-order valence-electron chi connectivity index (χ2n) is 4.78. The largest absolute Gasteiger partial charge is 0.344 e. The van der Waals surface area contributed by atoms with Crippen LogP contribution in [-0.2, 0) is 11.2 Å². The molecule has 4 heteroatoms. The molecule has 0 saturated heterocycles. The molecule has 2 nitrogen and oxygen atoms in total. The summed E-state index contributed by atoms with van der Waals surface area (Å²) in [4.78, 5) is 11.6. The van der Waals surface area contributed by atoms with Gasteiger partial charge in [-0.05, 0) is 35.2 Å². The van der Waals surface area contributed by atoms with E-state index in [-0.39, 0.29) is 17.6 Å². The van der Waals surface area contributed by atoms with Crippen LogP contribution in [0.2, 0.25) is 0 Å². The van der Waals surface area contributed by atoms with Crippen LogP contribution in [0.4, 0.5) is 4.39 Å². The quantitative estimate of drug-likeness (QED) is 0.836. The Hall–Kier alpha value is -1.87. The van der Waals surface area contributed by atoms with Gasteiger partial charge in [0.15, 0.2) is 0 Å². The molecule has 1 amide bonds. The summed E-state index contributed by atoms with van der Waals surface area (Å²) in [6, 6.07) is 13.7. The number of rotatable bonds is 5. The molecule has 1 atom stereocenters. The van der Waals surface area contributed by atoms with Crippen LogP contribution in [0.25, 0.3) is 0 Å². The van der Waals surface area contributed by atoms with Gasteiger partial charge in [0, 0.05) is 0 Å². The standard InChI is InChI=1S/C17H17ClFNO/c1-2-12-6-8-13(9-7-12)17(20-16(21)11-18)14-4-3-5-15(19)10-14/h3-10,17H,2,11H2,1H3,(H,20,21)/t17-/m0/s1. The van der Waals surface area contributed by atoms with Crippen LogP contribution in [0.5, 0.6) is 0 Å². The molecule has 2 rings (SSSR count). The van der Waals surface area contributed by atoms with Gasteiger partial charge in [-0.15, -0.1) is 11.6 Å². The highest BCUT2D eigenvalue weighted by Crippen LogP contribution is 2.23. The molecule has 0 aliphatic rings. The smallest absolute Gasteiger partial charge is 0.235 e. The van der Waals surface area contributed by atoms with Gasteiger partial charge in [-0.25, -0.2) is 4.39 Å². The molecule has 0 fully saturated rings. The topological polar surface area (TPSA) is 29.1 Å². The first-order chi connectivity index (χ1) is 10.1. The summed E-state index contributed by atoms with van der Waals surface area (Å²) in [6.45, 7) is 2.08. The van der Waals surface area contributed by atoms with Gasteiger partial charge in [0.1, 0.15) is 11.7 Å². The lowest BCUT2D eigenvalue weighted by atomic mass is 9.97. The highest BCUT2D eigenvalue weighted by atomic mass is 35.5. The summed E-state index contributed by atoms with van der Waals surface area (Å²) >= 11 is 5.56. The summed E-state index contributed by atoms with van der Waals surface area (Å²) < 4.78 is 13.4. The minimum Gasteiger partial charge on any atom is -0.344 e. The van der Waals surface area contributed by atoms with Crippen molar-refractivity contribution in [1.29, 1.82) is 0 Å². The third-order valence-corrected chi connectivity index (χ3v) is 3.57. The Labute approximate surface area is 128 Å². The molecule has 2 aromatic carbocycles. The van der Waals surface area contributed by atoms with Gasteiger partial charge in [0.05, 0.1) is 6.04 Å². The van der Waals surface area contributed by atoms with E-state index in [1.807, 2.05) is 24.3 Å². The van der Waals surface area contributed by atoms with E-state index in [0.29, 0.717) is 5.56 Å². The Kier molecular flexibility index (Phi) is 5.34. The summed E-state index contributed by atoms with van der Waals surface area (Å²) in [5.74, 6) is -0.743. The Morgan fingerprint density at radius 1 is 1.19 bits per heavy atom. The highest BCUT2D eigenvalue weighted by molar-refractivity contribution is 6.27. The maximum absolute atomic E-state index is 13.4. The van der Waals surface area contributed by atoms with Crippen molar-refractivity contribution in [2.45, 2.75) is 19.4 Å². The van der Waals surface area contributed by atoms with E-state index in [2.05, 4.69) is 12.2 Å². The van der Waals surface area contributed by atoms with E-state index in [1.54, 1.807) is 12.1 Å². The zero-order valence-corrected chi connectivity index (χ0v) is 12.5. The average Bonchev–Trinajstić information content (AvgIpc) is 2.52. The molecule has 0 saturated carbocycles. The summed E-state index contributed by atoms with van der Waals surface area (Å²) in [5.41, 5.74) is 2.80. The van der Waals surface area contributed by atoms with E-state index in [1.165, 1.54) is 17.7 Å². The number of alkyl halides is 1. The maximum Gasteiger partial charge on any atom is 0.235 e. The molecular formula is C17H17ClFNO. The number of nitrogens with one attached hydrogen (secondary N) is 1. The predicted octanol–water partition coefficient (Wildman–Crippen LogP) is 3.83. The summed E-state index contributed by atoms with van der Waals surface area (Å²) in [5, 5.41) is 2.83. The average molecular weight is 306 g/mol. The number of carbonyl (C=O) groups is 1. The highest BCUT2D eigenvalue weighted by Gasteiger charge is 2.17. The lowest BCUT2D eigenvalue weighted by Crippen LogP contribution is -2.30. The van der Waals surface area contributed by atoms with Crippen molar-refractivity contribution in [1.82, 2.24) is 5.32 Å². The Bertz CT molecular complexity index is 612. The van der Waals surface area contributed by atoms with Crippen molar-refractivity contribution in [2.75, 3.05) is 5.88 Å². The van der Waals surface area contributed by atoms with Crippen LogP contribution in [0.1, 0.15) is 29.7 Å². The zero-order chi connectivity index (χ0) is 15.2. The van der Waals surface area contributed by atoms with Gasteiger partial charge in [0.2, 0.25) is 5.91 Å². The maximum atomic E-state index is 13.4. The van der Waals surface area contributed by atoms with Gasteiger partial charge in [0.25, 0.3) is 0 Å². The van der Waals surface area contributed by atoms with E-state index in [0.717, 1.165) is 12.0 Å². The second-order valence-corrected chi connectivity index (χ2v) is 5.05. The van der Waals surface area contributed by atoms with E-state index in [9.17, 15) is 9.18 Å². The first-order valence-corrected chi connectivity index (χ1v) is 7.37. The van der Waals surface area contributed by atoms with Crippen molar-refractivity contribution in [3.8, 4) is 0 Å². The molecule has 0 spiro atoms. The number of halogens is 2. The molecule has 110 valence electrons. The van der Waals surface area contributed by atoms with Crippen LogP contribution < -0.4 is 5.32 Å².